The number of para-hydroxylation sites is 1. The van der Waals surface area contributed by atoms with Crippen LogP contribution in [0.3, 0.4) is 0 Å². The first-order valence-electron chi connectivity index (χ1n) is 9.26. The lowest BCUT2D eigenvalue weighted by atomic mass is 10.2. The third-order valence-corrected chi connectivity index (χ3v) is 4.84. The van der Waals surface area contributed by atoms with E-state index in [1.54, 1.807) is 31.5 Å². The summed E-state index contributed by atoms with van der Waals surface area (Å²) in [4.78, 5) is 12.4. The second-order valence-electron chi connectivity index (χ2n) is 6.72. The molecular formula is C23H25N3O3. The third kappa shape index (κ3) is 4.16. The van der Waals surface area contributed by atoms with Gasteiger partial charge in [0.05, 0.1) is 20.4 Å². The Labute approximate surface area is 170 Å². The molecular weight excluding hydrogens is 366 g/mol. The zero-order valence-electron chi connectivity index (χ0n) is 17.3. The lowest BCUT2D eigenvalue weighted by Gasteiger charge is -2.12. The monoisotopic (exact) mass is 391 g/mol. The van der Waals surface area contributed by atoms with Crippen molar-refractivity contribution in [3.05, 3.63) is 76.6 Å². The molecule has 150 valence electrons. The maximum atomic E-state index is 12.4. The van der Waals surface area contributed by atoms with Gasteiger partial charge >= 0.3 is 0 Å². The quantitative estimate of drug-likeness (QED) is 0.506. The van der Waals surface area contributed by atoms with Crippen LogP contribution in [-0.4, -0.2) is 30.9 Å². The van der Waals surface area contributed by atoms with Crippen molar-refractivity contribution >= 4 is 12.1 Å². The predicted molar refractivity (Wildman–Crippen MR) is 115 cm³/mol. The van der Waals surface area contributed by atoms with Gasteiger partial charge in [-0.05, 0) is 56.7 Å². The Hall–Kier alpha value is -3.54. The highest BCUT2D eigenvalue weighted by Crippen LogP contribution is 2.27. The Morgan fingerprint density at radius 1 is 1.00 bits per heavy atom. The molecule has 0 aliphatic heterocycles. The minimum atomic E-state index is -0.324. The number of rotatable bonds is 6. The molecule has 0 fully saturated rings. The summed E-state index contributed by atoms with van der Waals surface area (Å²) in [6.45, 7) is 6.18. The van der Waals surface area contributed by atoms with E-state index in [1.807, 2.05) is 25.1 Å². The largest absolute Gasteiger partial charge is 0.493 e. The van der Waals surface area contributed by atoms with E-state index < -0.39 is 0 Å². The van der Waals surface area contributed by atoms with Crippen molar-refractivity contribution in [2.45, 2.75) is 20.8 Å². The number of benzene rings is 2. The number of aryl methyl sites for hydroxylation is 2. The number of carbonyl (C=O) groups excluding carboxylic acids is 1. The lowest BCUT2D eigenvalue weighted by molar-refractivity contribution is 0.0954. The average Bonchev–Trinajstić information content (AvgIpc) is 3.01. The minimum absolute atomic E-state index is 0.324. The number of nitrogens with zero attached hydrogens (tertiary/aromatic N) is 2. The molecule has 3 aromatic rings. The van der Waals surface area contributed by atoms with Gasteiger partial charge in [0.2, 0.25) is 0 Å². The first-order valence-corrected chi connectivity index (χ1v) is 9.26. The van der Waals surface area contributed by atoms with E-state index in [0.29, 0.717) is 17.1 Å². The summed E-state index contributed by atoms with van der Waals surface area (Å²) in [6.07, 6.45) is 1.66. The summed E-state index contributed by atoms with van der Waals surface area (Å²) >= 11 is 0. The fourth-order valence-corrected chi connectivity index (χ4v) is 3.31. The molecule has 0 bridgehead atoms. The summed E-state index contributed by atoms with van der Waals surface area (Å²) in [5.41, 5.74) is 8.43. The summed E-state index contributed by atoms with van der Waals surface area (Å²) < 4.78 is 12.6. The summed E-state index contributed by atoms with van der Waals surface area (Å²) in [7, 11) is 3.08. The molecule has 3 rings (SSSR count). The molecule has 0 atom stereocenters. The van der Waals surface area contributed by atoms with E-state index in [-0.39, 0.29) is 5.91 Å². The molecule has 0 unspecified atom stereocenters. The Morgan fingerprint density at radius 3 is 2.41 bits per heavy atom. The topological polar surface area (TPSA) is 64.8 Å². The number of ether oxygens (including phenoxy) is 2. The highest BCUT2D eigenvalue weighted by molar-refractivity contribution is 5.95. The number of carbonyl (C=O) groups is 1. The maximum Gasteiger partial charge on any atom is 0.271 e. The zero-order chi connectivity index (χ0) is 21.0. The normalized spacial score (nSPS) is 10.9. The molecule has 2 aromatic carbocycles. The van der Waals surface area contributed by atoms with Crippen LogP contribution in [0.4, 0.5) is 0 Å². The minimum Gasteiger partial charge on any atom is -0.493 e. The number of methoxy groups -OCH3 is 2. The fraction of sp³-hybridized carbons (Fsp3) is 0.217. The number of nitrogens with one attached hydrogen (secondary N) is 1. The van der Waals surface area contributed by atoms with Crippen LogP contribution in [0.1, 0.15) is 32.9 Å². The van der Waals surface area contributed by atoms with E-state index in [4.69, 9.17) is 9.47 Å². The van der Waals surface area contributed by atoms with Crippen molar-refractivity contribution in [3.8, 4) is 17.2 Å². The maximum absolute atomic E-state index is 12.4. The Bertz CT molecular complexity index is 1070. The SMILES string of the molecule is COc1ccc(C(=O)N/N=C\c2cc(C)n(-c3ccccc3C)c2C)cc1OC. The smallest absolute Gasteiger partial charge is 0.271 e. The standard InChI is InChI=1S/C23H25N3O3/c1-15-8-6-7-9-20(15)26-16(2)12-19(17(26)3)14-24-25-23(27)18-10-11-21(28-4)22(13-18)29-5/h6-14H,1-5H3,(H,25,27)/b24-14-. The van der Waals surface area contributed by atoms with Crippen molar-refractivity contribution < 1.29 is 14.3 Å². The van der Waals surface area contributed by atoms with Gasteiger partial charge in [0.15, 0.2) is 11.5 Å². The van der Waals surface area contributed by atoms with Crippen LogP contribution >= 0.6 is 0 Å². The molecule has 1 heterocycles. The predicted octanol–water partition coefficient (Wildman–Crippen LogP) is 4.18. The van der Waals surface area contributed by atoms with Gasteiger partial charge in [0, 0.05) is 28.2 Å². The third-order valence-electron chi connectivity index (χ3n) is 4.84. The van der Waals surface area contributed by atoms with Gasteiger partial charge in [-0.3, -0.25) is 4.79 Å². The van der Waals surface area contributed by atoms with Gasteiger partial charge in [0.25, 0.3) is 5.91 Å². The van der Waals surface area contributed by atoms with Crippen LogP contribution in [-0.2, 0) is 0 Å². The average molecular weight is 391 g/mol. The van der Waals surface area contributed by atoms with Gasteiger partial charge in [-0.25, -0.2) is 5.43 Å². The molecule has 0 saturated heterocycles. The van der Waals surface area contributed by atoms with Gasteiger partial charge in [-0.15, -0.1) is 0 Å². The molecule has 1 amide bonds. The van der Waals surface area contributed by atoms with Crippen LogP contribution in [0.5, 0.6) is 11.5 Å². The second-order valence-corrected chi connectivity index (χ2v) is 6.72. The number of amides is 1. The van der Waals surface area contributed by atoms with Gasteiger partial charge in [-0.2, -0.15) is 5.10 Å². The molecule has 1 aromatic heterocycles. The lowest BCUT2D eigenvalue weighted by Crippen LogP contribution is -2.17. The summed E-state index contributed by atoms with van der Waals surface area (Å²) in [5.74, 6) is 0.733. The van der Waals surface area contributed by atoms with Crippen LogP contribution in [0, 0.1) is 20.8 Å². The number of hydrogen-bond donors (Lipinski definition) is 1. The first kappa shape index (κ1) is 20.2. The molecule has 1 N–H and O–H groups in total. The number of aromatic nitrogens is 1. The van der Waals surface area contributed by atoms with Crippen LogP contribution < -0.4 is 14.9 Å². The Morgan fingerprint density at radius 2 is 1.72 bits per heavy atom. The molecule has 6 heteroatoms. The van der Waals surface area contributed by atoms with Crippen molar-refractivity contribution in [3.63, 3.8) is 0 Å². The van der Waals surface area contributed by atoms with Gasteiger partial charge in [0.1, 0.15) is 0 Å². The van der Waals surface area contributed by atoms with Gasteiger partial charge in [-0.1, -0.05) is 18.2 Å². The van der Waals surface area contributed by atoms with E-state index in [1.165, 1.54) is 12.7 Å². The van der Waals surface area contributed by atoms with E-state index in [9.17, 15) is 4.79 Å². The second kappa shape index (κ2) is 8.65. The fourth-order valence-electron chi connectivity index (χ4n) is 3.31. The Balaban J connectivity index is 1.78. The van der Waals surface area contributed by atoms with Crippen molar-refractivity contribution in [2.75, 3.05) is 14.2 Å². The Kier molecular flexibility index (Phi) is 6.02. The molecule has 0 radical (unpaired) electrons. The van der Waals surface area contributed by atoms with Crippen molar-refractivity contribution in [2.24, 2.45) is 5.10 Å². The summed E-state index contributed by atoms with van der Waals surface area (Å²) in [5, 5.41) is 4.14. The van der Waals surface area contributed by atoms with Crippen LogP contribution in [0.2, 0.25) is 0 Å². The summed E-state index contributed by atoms with van der Waals surface area (Å²) in [6, 6.07) is 15.3. The van der Waals surface area contributed by atoms with E-state index >= 15 is 0 Å². The molecule has 0 aliphatic carbocycles. The van der Waals surface area contributed by atoms with Crippen molar-refractivity contribution in [1.82, 2.24) is 9.99 Å². The first-order chi connectivity index (χ1) is 14.0. The highest BCUT2D eigenvalue weighted by atomic mass is 16.5. The molecule has 0 aliphatic rings. The van der Waals surface area contributed by atoms with E-state index in [0.717, 1.165) is 22.6 Å². The van der Waals surface area contributed by atoms with E-state index in [2.05, 4.69) is 41.1 Å². The van der Waals surface area contributed by atoms with Crippen LogP contribution in [0.25, 0.3) is 5.69 Å². The molecule has 0 saturated carbocycles. The number of hydrogen-bond acceptors (Lipinski definition) is 4. The zero-order valence-corrected chi connectivity index (χ0v) is 17.3. The van der Waals surface area contributed by atoms with Gasteiger partial charge < -0.3 is 14.0 Å². The highest BCUT2D eigenvalue weighted by Gasteiger charge is 2.12. The molecule has 29 heavy (non-hydrogen) atoms. The van der Waals surface area contributed by atoms with Crippen molar-refractivity contribution in [1.29, 1.82) is 0 Å². The van der Waals surface area contributed by atoms with Crippen LogP contribution in [0.15, 0.2) is 53.6 Å². The number of hydrazone groups is 1. The molecule has 6 nitrogen and oxygen atoms in total. The molecule has 0 spiro atoms.